The summed E-state index contributed by atoms with van der Waals surface area (Å²) in [5.74, 6) is 2.92. The van der Waals surface area contributed by atoms with Gasteiger partial charge in [-0.25, -0.2) is 0 Å². The molecule has 0 heterocycles. The van der Waals surface area contributed by atoms with Gasteiger partial charge in [0.15, 0.2) is 0 Å². The van der Waals surface area contributed by atoms with E-state index in [4.69, 9.17) is 0 Å². The molecule has 0 radical (unpaired) electrons. The molecule has 1 atom stereocenters. The fourth-order valence-electron chi connectivity index (χ4n) is 6.26. The van der Waals surface area contributed by atoms with Crippen LogP contribution in [0, 0.1) is 37.0 Å². The maximum atomic E-state index is 10.9. The van der Waals surface area contributed by atoms with Gasteiger partial charge in [-0.2, -0.15) is 0 Å². The van der Waals surface area contributed by atoms with Gasteiger partial charge in [0, 0.05) is 0 Å². The first-order valence-corrected chi connectivity index (χ1v) is 8.78. The van der Waals surface area contributed by atoms with Gasteiger partial charge >= 0.3 is 0 Å². The number of aliphatic hydroxyl groups is 1. The van der Waals surface area contributed by atoms with Crippen molar-refractivity contribution in [1.82, 2.24) is 0 Å². The summed E-state index contributed by atoms with van der Waals surface area (Å²) in [4.78, 5) is 0. The maximum absolute atomic E-state index is 10.9. The average Bonchev–Trinajstić information content (AvgIpc) is 2.35. The fraction of sp³-hybridized carbons (Fsp3) is 0.700. The summed E-state index contributed by atoms with van der Waals surface area (Å²) in [5.41, 5.74) is 4.17. The summed E-state index contributed by atoms with van der Waals surface area (Å²) in [6.45, 7) is 4.27. The van der Waals surface area contributed by atoms with Crippen LogP contribution in [0.3, 0.4) is 0 Å². The highest BCUT2D eigenvalue weighted by Gasteiger charge is 2.51. The van der Waals surface area contributed by atoms with Crippen molar-refractivity contribution in [1.29, 1.82) is 0 Å². The van der Waals surface area contributed by atoms with Crippen molar-refractivity contribution in [3.8, 4) is 0 Å². The van der Waals surface area contributed by atoms with Crippen LogP contribution in [0.5, 0.6) is 0 Å². The van der Waals surface area contributed by atoms with Gasteiger partial charge in [0.25, 0.3) is 0 Å². The predicted molar refractivity (Wildman–Crippen MR) is 86.1 cm³/mol. The van der Waals surface area contributed by atoms with E-state index in [2.05, 4.69) is 32.0 Å². The Hall–Kier alpha value is -0.820. The van der Waals surface area contributed by atoms with Crippen molar-refractivity contribution in [2.45, 2.75) is 64.9 Å². The van der Waals surface area contributed by atoms with Crippen LogP contribution in [0.25, 0.3) is 0 Å². The van der Waals surface area contributed by atoms with Crippen molar-refractivity contribution in [2.24, 2.45) is 23.2 Å². The first-order valence-electron chi connectivity index (χ1n) is 8.78. The molecule has 4 aliphatic rings. The third-order valence-corrected chi connectivity index (χ3v) is 6.58. The van der Waals surface area contributed by atoms with Gasteiger partial charge in [0.05, 0.1) is 6.10 Å². The normalized spacial score (nSPS) is 38.7. The first-order chi connectivity index (χ1) is 10.0. The molecule has 1 nitrogen and oxygen atoms in total. The Morgan fingerprint density at radius 2 is 1.62 bits per heavy atom. The van der Waals surface area contributed by atoms with E-state index < -0.39 is 0 Å². The minimum Gasteiger partial charge on any atom is -0.388 e. The van der Waals surface area contributed by atoms with Crippen LogP contribution in [0.2, 0.25) is 0 Å². The SMILES string of the molecule is Cc1ccc(C(O)CC23CC4CC(CC(C4)C2)C3)c(C)c1. The molecule has 21 heavy (non-hydrogen) atoms. The molecular weight excluding hydrogens is 256 g/mol. The summed E-state index contributed by atoms with van der Waals surface area (Å²) < 4.78 is 0. The average molecular weight is 284 g/mol. The Kier molecular flexibility index (Phi) is 3.19. The molecule has 0 amide bonds. The standard InChI is InChI=1S/C20H28O/c1-13-3-4-18(14(2)5-13)19(21)12-20-9-15-6-16(10-20)8-17(7-15)11-20/h3-5,15-17,19,21H,6-12H2,1-2H3. The molecule has 4 aliphatic carbocycles. The zero-order valence-corrected chi connectivity index (χ0v) is 13.4. The Balaban J connectivity index is 1.55. The fourth-order valence-corrected chi connectivity index (χ4v) is 6.26. The summed E-state index contributed by atoms with van der Waals surface area (Å²) in [6, 6.07) is 6.50. The highest BCUT2D eigenvalue weighted by atomic mass is 16.3. The van der Waals surface area contributed by atoms with Gasteiger partial charge in [-0.3, -0.25) is 0 Å². The van der Waals surface area contributed by atoms with Crippen LogP contribution < -0.4 is 0 Å². The summed E-state index contributed by atoms with van der Waals surface area (Å²) in [7, 11) is 0. The van der Waals surface area contributed by atoms with Crippen LogP contribution in [0.1, 0.15) is 67.7 Å². The maximum Gasteiger partial charge on any atom is 0.0797 e. The highest BCUT2D eigenvalue weighted by Crippen LogP contribution is 2.62. The van der Waals surface area contributed by atoms with Gasteiger partial charge in [-0.1, -0.05) is 23.8 Å². The van der Waals surface area contributed by atoms with Crippen LogP contribution >= 0.6 is 0 Å². The van der Waals surface area contributed by atoms with E-state index in [0.717, 1.165) is 29.7 Å². The molecule has 5 rings (SSSR count). The van der Waals surface area contributed by atoms with Crippen LogP contribution in [-0.2, 0) is 0 Å². The number of aliphatic hydroxyl groups excluding tert-OH is 1. The van der Waals surface area contributed by atoms with Gasteiger partial charge in [-0.15, -0.1) is 0 Å². The van der Waals surface area contributed by atoms with Crippen molar-refractivity contribution >= 4 is 0 Å². The van der Waals surface area contributed by atoms with E-state index in [0.29, 0.717) is 5.41 Å². The van der Waals surface area contributed by atoms with E-state index >= 15 is 0 Å². The lowest BCUT2D eigenvalue weighted by atomic mass is 9.48. The second kappa shape index (κ2) is 4.84. The minimum atomic E-state index is -0.262. The molecule has 1 N–H and O–H groups in total. The van der Waals surface area contributed by atoms with E-state index in [-0.39, 0.29) is 6.10 Å². The molecule has 114 valence electrons. The molecule has 1 aromatic carbocycles. The Labute approximate surface area is 128 Å². The van der Waals surface area contributed by atoms with Crippen LogP contribution in [-0.4, -0.2) is 5.11 Å². The third kappa shape index (κ3) is 2.44. The molecule has 0 aliphatic heterocycles. The lowest BCUT2D eigenvalue weighted by molar-refractivity contribution is -0.0764. The van der Waals surface area contributed by atoms with Crippen molar-refractivity contribution in [3.63, 3.8) is 0 Å². The molecule has 4 bridgehead atoms. The van der Waals surface area contributed by atoms with Crippen molar-refractivity contribution < 1.29 is 5.11 Å². The Morgan fingerprint density at radius 1 is 1.05 bits per heavy atom. The molecule has 4 fully saturated rings. The molecule has 0 spiro atoms. The Bertz CT molecular complexity index is 509. The quantitative estimate of drug-likeness (QED) is 0.833. The number of benzene rings is 1. The van der Waals surface area contributed by atoms with E-state index in [1.807, 2.05) is 0 Å². The molecule has 1 aromatic rings. The smallest absolute Gasteiger partial charge is 0.0797 e. The number of rotatable bonds is 3. The van der Waals surface area contributed by atoms with Crippen LogP contribution in [0.4, 0.5) is 0 Å². The van der Waals surface area contributed by atoms with Gasteiger partial charge in [-0.05, 0) is 93.1 Å². The monoisotopic (exact) mass is 284 g/mol. The number of hydrogen-bond donors (Lipinski definition) is 1. The number of hydrogen-bond acceptors (Lipinski definition) is 1. The summed E-state index contributed by atoms with van der Waals surface area (Å²) in [6.07, 6.45) is 9.36. The second-order valence-electron chi connectivity index (χ2n) is 8.50. The third-order valence-electron chi connectivity index (χ3n) is 6.58. The molecular formula is C20H28O. The van der Waals surface area contributed by atoms with Gasteiger partial charge in [0.1, 0.15) is 0 Å². The topological polar surface area (TPSA) is 20.2 Å². The second-order valence-corrected chi connectivity index (χ2v) is 8.50. The highest BCUT2D eigenvalue weighted by molar-refractivity contribution is 5.32. The van der Waals surface area contributed by atoms with E-state index in [1.54, 1.807) is 0 Å². The lowest BCUT2D eigenvalue weighted by Gasteiger charge is -2.57. The zero-order chi connectivity index (χ0) is 14.6. The molecule has 4 saturated carbocycles. The van der Waals surface area contributed by atoms with Crippen molar-refractivity contribution in [2.75, 3.05) is 0 Å². The first kappa shape index (κ1) is 13.8. The minimum absolute atomic E-state index is 0.262. The van der Waals surface area contributed by atoms with Gasteiger partial charge < -0.3 is 5.11 Å². The predicted octanol–water partition coefficient (Wildman–Crippen LogP) is 4.94. The van der Waals surface area contributed by atoms with E-state index in [1.165, 1.54) is 49.7 Å². The van der Waals surface area contributed by atoms with Crippen LogP contribution in [0.15, 0.2) is 18.2 Å². The lowest BCUT2D eigenvalue weighted by Crippen LogP contribution is -2.46. The molecule has 0 aromatic heterocycles. The largest absolute Gasteiger partial charge is 0.388 e. The van der Waals surface area contributed by atoms with E-state index in [9.17, 15) is 5.11 Å². The zero-order valence-electron chi connectivity index (χ0n) is 13.4. The summed E-state index contributed by atoms with van der Waals surface area (Å²) >= 11 is 0. The van der Waals surface area contributed by atoms with Gasteiger partial charge in [0.2, 0.25) is 0 Å². The Morgan fingerprint density at radius 3 is 2.14 bits per heavy atom. The summed E-state index contributed by atoms with van der Waals surface area (Å²) in [5, 5.41) is 10.9. The molecule has 1 unspecified atom stereocenters. The molecule has 0 saturated heterocycles. The van der Waals surface area contributed by atoms with Crippen molar-refractivity contribution in [3.05, 3.63) is 34.9 Å². The number of aryl methyl sites for hydroxylation is 2. The molecule has 1 heteroatoms.